The van der Waals surface area contributed by atoms with Crippen LogP contribution in [-0.2, 0) is 0 Å². The van der Waals surface area contributed by atoms with Gasteiger partial charge < -0.3 is 15.4 Å². The van der Waals surface area contributed by atoms with Gasteiger partial charge in [0.1, 0.15) is 11.6 Å². The highest BCUT2D eigenvalue weighted by Gasteiger charge is 2.06. The predicted octanol–water partition coefficient (Wildman–Crippen LogP) is 4.90. The maximum atomic E-state index is 5.18. The Hall–Kier alpha value is -3.08. The fraction of sp³-hybridized carbons (Fsp3) is 0.200. The molecule has 0 atom stereocenters. The maximum Gasteiger partial charge on any atom is 0.229 e. The molecule has 5 heteroatoms. The van der Waals surface area contributed by atoms with E-state index in [0.717, 1.165) is 34.2 Å². The molecule has 128 valence electrons. The van der Waals surface area contributed by atoms with Gasteiger partial charge >= 0.3 is 0 Å². The average molecular weight is 334 g/mol. The lowest BCUT2D eigenvalue weighted by Gasteiger charge is -2.12. The number of nitrogens with one attached hydrogen (secondary N) is 2. The second kappa shape index (κ2) is 7.21. The number of methoxy groups -OCH3 is 1. The molecular formula is C20H22N4O. The first-order valence-electron chi connectivity index (χ1n) is 8.14. The van der Waals surface area contributed by atoms with Gasteiger partial charge in [0, 0.05) is 23.1 Å². The second-order valence-electron chi connectivity index (χ2n) is 6.02. The van der Waals surface area contributed by atoms with Crippen LogP contribution in [0, 0.1) is 20.8 Å². The van der Waals surface area contributed by atoms with Crippen LogP contribution in [0.25, 0.3) is 0 Å². The molecular weight excluding hydrogens is 312 g/mol. The van der Waals surface area contributed by atoms with Gasteiger partial charge in [-0.1, -0.05) is 12.1 Å². The van der Waals surface area contributed by atoms with Gasteiger partial charge in [0.15, 0.2) is 0 Å². The molecule has 0 unspecified atom stereocenters. The van der Waals surface area contributed by atoms with Crippen LogP contribution in [0.1, 0.15) is 16.8 Å². The summed E-state index contributed by atoms with van der Waals surface area (Å²) in [7, 11) is 1.65. The molecule has 3 aromatic rings. The Morgan fingerprint density at radius 3 is 2.32 bits per heavy atom. The van der Waals surface area contributed by atoms with E-state index >= 15 is 0 Å². The molecule has 3 rings (SSSR count). The van der Waals surface area contributed by atoms with E-state index in [9.17, 15) is 0 Å². The number of rotatable bonds is 5. The van der Waals surface area contributed by atoms with Crippen LogP contribution in [0.2, 0.25) is 0 Å². The highest BCUT2D eigenvalue weighted by molar-refractivity contribution is 5.63. The van der Waals surface area contributed by atoms with E-state index in [0.29, 0.717) is 5.95 Å². The van der Waals surface area contributed by atoms with Gasteiger partial charge in [-0.15, -0.1) is 0 Å². The van der Waals surface area contributed by atoms with Gasteiger partial charge in [0.2, 0.25) is 5.95 Å². The highest BCUT2D eigenvalue weighted by Crippen LogP contribution is 2.23. The minimum absolute atomic E-state index is 0.574. The molecule has 5 nitrogen and oxygen atoms in total. The molecule has 1 aromatic heterocycles. The summed E-state index contributed by atoms with van der Waals surface area (Å²) in [5.74, 6) is 2.14. The van der Waals surface area contributed by atoms with E-state index in [-0.39, 0.29) is 0 Å². The van der Waals surface area contributed by atoms with Crippen molar-refractivity contribution in [2.75, 3.05) is 17.7 Å². The molecule has 0 aliphatic heterocycles. The molecule has 0 spiro atoms. The fourth-order valence-corrected chi connectivity index (χ4v) is 2.50. The summed E-state index contributed by atoms with van der Waals surface area (Å²) >= 11 is 0. The zero-order chi connectivity index (χ0) is 17.8. The zero-order valence-corrected chi connectivity index (χ0v) is 14.9. The minimum atomic E-state index is 0.574. The summed E-state index contributed by atoms with van der Waals surface area (Å²) in [6, 6.07) is 15.9. The first kappa shape index (κ1) is 16.8. The Morgan fingerprint density at radius 1 is 0.840 bits per heavy atom. The molecule has 2 aromatic carbocycles. The Morgan fingerprint density at radius 2 is 1.60 bits per heavy atom. The molecule has 0 radical (unpaired) electrons. The number of benzene rings is 2. The quantitative estimate of drug-likeness (QED) is 0.695. The second-order valence-corrected chi connectivity index (χ2v) is 6.02. The molecule has 0 aliphatic rings. The Bertz CT molecular complexity index is 875. The smallest absolute Gasteiger partial charge is 0.229 e. The van der Waals surface area contributed by atoms with E-state index in [1.807, 2.05) is 37.3 Å². The molecule has 0 amide bonds. The Labute approximate surface area is 148 Å². The predicted molar refractivity (Wildman–Crippen MR) is 102 cm³/mol. The number of aromatic nitrogens is 2. The van der Waals surface area contributed by atoms with Crippen LogP contribution in [0.4, 0.5) is 23.1 Å². The van der Waals surface area contributed by atoms with Gasteiger partial charge in [0.05, 0.1) is 7.11 Å². The molecule has 0 fully saturated rings. The van der Waals surface area contributed by atoms with Crippen LogP contribution >= 0.6 is 0 Å². The van der Waals surface area contributed by atoms with E-state index in [4.69, 9.17) is 4.74 Å². The summed E-state index contributed by atoms with van der Waals surface area (Å²) in [4.78, 5) is 9.06. The van der Waals surface area contributed by atoms with Crippen molar-refractivity contribution in [3.8, 4) is 5.75 Å². The van der Waals surface area contributed by atoms with Gasteiger partial charge in [0.25, 0.3) is 0 Å². The van der Waals surface area contributed by atoms with Crippen molar-refractivity contribution < 1.29 is 4.74 Å². The maximum absolute atomic E-state index is 5.18. The lowest BCUT2D eigenvalue weighted by Crippen LogP contribution is -2.03. The van der Waals surface area contributed by atoms with Crippen LogP contribution in [0.15, 0.2) is 48.5 Å². The van der Waals surface area contributed by atoms with Gasteiger partial charge in [-0.2, -0.15) is 4.98 Å². The molecule has 1 heterocycles. The van der Waals surface area contributed by atoms with Gasteiger partial charge in [-0.3, -0.25) is 0 Å². The number of hydrogen-bond acceptors (Lipinski definition) is 5. The molecule has 2 N–H and O–H groups in total. The summed E-state index contributed by atoms with van der Waals surface area (Å²) in [5, 5.41) is 6.62. The van der Waals surface area contributed by atoms with Crippen molar-refractivity contribution >= 4 is 23.1 Å². The van der Waals surface area contributed by atoms with Gasteiger partial charge in [-0.25, -0.2) is 4.98 Å². The minimum Gasteiger partial charge on any atom is -0.497 e. The van der Waals surface area contributed by atoms with E-state index < -0.39 is 0 Å². The van der Waals surface area contributed by atoms with Crippen molar-refractivity contribution in [3.05, 3.63) is 65.4 Å². The topological polar surface area (TPSA) is 59.1 Å². The highest BCUT2D eigenvalue weighted by atomic mass is 16.5. The zero-order valence-electron chi connectivity index (χ0n) is 14.9. The number of ether oxygens (including phenoxy) is 1. The van der Waals surface area contributed by atoms with E-state index in [1.165, 1.54) is 5.56 Å². The Kier molecular flexibility index (Phi) is 4.84. The van der Waals surface area contributed by atoms with Crippen molar-refractivity contribution in [1.82, 2.24) is 9.97 Å². The van der Waals surface area contributed by atoms with Gasteiger partial charge in [-0.05, 0) is 62.2 Å². The lowest BCUT2D eigenvalue weighted by molar-refractivity contribution is 0.415. The normalized spacial score (nSPS) is 10.4. The summed E-state index contributed by atoms with van der Waals surface area (Å²) < 4.78 is 5.18. The lowest BCUT2D eigenvalue weighted by atomic mass is 10.1. The SMILES string of the molecule is COc1ccc(Nc2cc(C)nc(Nc3cc(C)ccc3C)n2)cc1. The number of aryl methyl sites for hydroxylation is 3. The van der Waals surface area contributed by atoms with Crippen molar-refractivity contribution in [1.29, 1.82) is 0 Å². The molecule has 0 saturated carbocycles. The van der Waals surface area contributed by atoms with Crippen molar-refractivity contribution in [3.63, 3.8) is 0 Å². The molecule has 0 bridgehead atoms. The third kappa shape index (κ3) is 4.26. The van der Waals surface area contributed by atoms with Crippen LogP contribution < -0.4 is 15.4 Å². The van der Waals surface area contributed by atoms with E-state index in [1.54, 1.807) is 7.11 Å². The third-order valence-corrected chi connectivity index (χ3v) is 3.86. The number of hydrogen-bond donors (Lipinski definition) is 2. The Balaban J connectivity index is 1.83. The first-order valence-corrected chi connectivity index (χ1v) is 8.14. The van der Waals surface area contributed by atoms with Crippen LogP contribution in [-0.4, -0.2) is 17.1 Å². The first-order chi connectivity index (χ1) is 12.0. The van der Waals surface area contributed by atoms with Crippen LogP contribution in [0.5, 0.6) is 5.75 Å². The van der Waals surface area contributed by atoms with Crippen molar-refractivity contribution in [2.45, 2.75) is 20.8 Å². The number of nitrogens with zero attached hydrogens (tertiary/aromatic N) is 2. The largest absolute Gasteiger partial charge is 0.497 e. The fourth-order valence-electron chi connectivity index (χ4n) is 2.50. The molecule has 0 aliphatic carbocycles. The third-order valence-electron chi connectivity index (χ3n) is 3.86. The average Bonchev–Trinajstić information content (AvgIpc) is 2.58. The standard InChI is InChI=1S/C20H22N4O/c1-13-5-6-14(2)18(11-13)23-20-21-15(3)12-19(24-20)22-16-7-9-17(25-4)10-8-16/h5-12H,1-4H3,(H2,21,22,23,24). The van der Waals surface area contributed by atoms with E-state index in [2.05, 4.69) is 52.6 Å². The molecule has 25 heavy (non-hydrogen) atoms. The van der Waals surface area contributed by atoms with Crippen LogP contribution in [0.3, 0.4) is 0 Å². The molecule has 0 saturated heterocycles. The summed E-state index contributed by atoms with van der Waals surface area (Å²) in [6.45, 7) is 6.08. The van der Waals surface area contributed by atoms with Crippen molar-refractivity contribution in [2.24, 2.45) is 0 Å². The number of anilines is 4. The summed E-state index contributed by atoms with van der Waals surface area (Å²) in [5.41, 5.74) is 5.19. The summed E-state index contributed by atoms with van der Waals surface area (Å²) in [6.07, 6.45) is 0. The monoisotopic (exact) mass is 334 g/mol.